The highest BCUT2D eigenvalue weighted by Gasteiger charge is 2.31. The lowest BCUT2D eigenvalue weighted by Gasteiger charge is -2.34. The summed E-state index contributed by atoms with van der Waals surface area (Å²) in [6.07, 6.45) is 6.13. The number of hydrogen-bond acceptors (Lipinski definition) is 6. The summed E-state index contributed by atoms with van der Waals surface area (Å²) in [5.74, 6) is 1.08. The number of fused-ring (bicyclic) bond motifs is 3. The van der Waals surface area contributed by atoms with Crippen molar-refractivity contribution in [2.75, 3.05) is 51.8 Å². The van der Waals surface area contributed by atoms with Crippen molar-refractivity contribution in [1.29, 1.82) is 0 Å². The van der Waals surface area contributed by atoms with Crippen LogP contribution in [0.1, 0.15) is 24.7 Å². The van der Waals surface area contributed by atoms with Gasteiger partial charge in [-0.2, -0.15) is 5.10 Å². The summed E-state index contributed by atoms with van der Waals surface area (Å²) < 4.78 is 9.44. The van der Waals surface area contributed by atoms with E-state index in [1.54, 1.807) is 4.90 Å². The van der Waals surface area contributed by atoms with Crippen molar-refractivity contribution in [3.63, 3.8) is 0 Å². The smallest absolute Gasteiger partial charge is 0.414 e. The molecule has 1 atom stereocenters. The van der Waals surface area contributed by atoms with Gasteiger partial charge in [0.05, 0.1) is 23.8 Å². The predicted octanol–water partition coefficient (Wildman–Crippen LogP) is 2.63. The number of likely N-dealkylation sites (N-methyl/N-ethyl adjacent to an activating group) is 1. The minimum atomic E-state index is -0.304. The number of ether oxygens (including phenoxy) is 1. The van der Waals surface area contributed by atoms with Crippen molar-refractivity contribution >= 4 is 22.8 Å². The van der Waals surface area contributed by atoms with Crippen molar-refractivity contribution in [2.24, 2.45) is 0 Å². The molecule has 0 aliphatic carbocycles. The SMILES string of the molecule is COC(=O)N1c2ccc3c(nc(CCn4cccn4)n3CCN3CCN(C)CC3)c2CC[C@@H]1C. The molecule has 4 heterocycles. The normalized spacial score (nSPS) is 19.5. The molecule has 0 spiro atoms. The van der Waals surface area contributed by atoms with Gasteiger partial charge in [0.25, 0.3) is 0 Å². The second-order valence-electron chi connectivity index (χ2n) is 9.50. The monoisotopic (exact) mass is 465 g/mol. The van der Waals surface area contributed by atoms with E-state index in [1.807, 2.05) is 23.1 Å². The molecule has 1 aromatic carbocycles. The lowest BCUT2D eigenvalue weighted by molar-refractivity contribution is 0.150. The average molecular weight is 466 g/mol. The van der Waals surface area contributed by atoms with Gasteiger partial charge >= 0.3 is 6.09 Å². The molecule has 0 N–H and O–H groups in total. The first-order valence-electron chi connectivity index (χ1n) is 12.3. The summed E-state index contributed by atoms with van der Waals surface area (Å²) in [7, 11) is 3.64. The van der Waals surface area contributed by atoms with E-state index in [9.17, 15) is 4.79 Å². The van der Waals surface area contributed by atoms with Crippen molar-refractivity contribution in [1.82, 2.24) is 29.1 Å². The van der Waals surface area contributed by atoms with E-state index in [1.165, 1.54) is 7.11 Å². The van der Waals surface area contributed by atoms with E-state index in [2.05, 4.69) is 45.6 Å². The molecule has 9 heteroatoms. The molecule has 0 radical (unpaired) electrons. The molecule has 3 aromatic rings. The van der Waals surface area contributed by atoms with Gasteiger partial charge in [0, 0.05) is 76.2 Å². The maximum absolute atomic E-state index is 12.5. The zero-order valence-electron chi connectivity index (χ0n) is 20.5. The third-order valence-electron chi connectivity index (χ3n) is 7.32. The van der Waals surface area contributed by atoms with Crippen LogP contribution >= 0.6 is 0 Å². The second-order valence-corrected chi connectivity index (χ2v) is 9.50. The molecule has 1 fully saturated rings. The number of imidazole rings is 1. The Balaban J connectivity index is 1.48. The third kappa shape index (κ3) is 4.42. The number of anilines is 1. The van der Waals surface area contributed by atoms with Gasteiger partial charge in [0.15, 0.2) is 0 Å². The molecule has 0 unspecified atom stereocenters. The fourth-order valence-corrected chi connectivity index (χ4v) is 5.25. The van der Waals surface area contributed by atoms with Crippen LogP contribution in [0.5, 0.6) is 0 Å². The van der Waals surface area contributed by atoms with Crippen LogP contribution in [-0.2, 0) is 30.7 Å². The topological polar surface area (TPSA) is 71.7 Å². The number of aryl methyl sites for hydroxylation is 3. The highest BCUT2D eigenvalue weighted by Crippen LogP contribution is 2.36. The third-order valence-corrected chi connectivity index (χ3v) is 7.32. The van der Waals surface area contributed by atoms with E-state index >= 15 is 0 Å². The van der Waals surface area contributed by atoms with Gasteiger partial charge in [0.2, 0.25) is 0 Å². The van der Waals surface area contributed by atoms with Gasteiger partial charge in [-0.15, -0.1) is 0 Å². The number of methoxy groups -OCH3 is 1. The molecule has 1 saturated heterocycles. The number of benzene rings is 1. The van der Waals surface area contributed by atoms with Crippen LogP contribution in [0.15, 0.2) is 30.6 Å². The van der Waals surface area contributed by atoms with Crippen molar-refractivity contribution < 1.29 is 9.53 Å². The lowest BCUT2D eigenvalue weighted by Crippen LogP contribution is -2.45. The maximum Gasteiger partial charge on any atom is 0.414 e. The number of rotatable bonds is 6. The van der Waals surface area contributed by atoms with Crippen LogP contribution in [0.3, 0.4) is 0 Å². The Morgan fingerprint density at radius 2 is 1.97 bits per heavy atom. The number of aromatic nitrogens is 4. The molecular weight excluding hydrogens is 430 g/mol. The van der Waals surface area contributed by atoms with Gasteiger partial charge in [-0.1, -0.05) is 0 Å². The van der Waals surface area contributed by atoms with Crippen molar-refractivity contribution in [3.8, 4) is 0 Å². The highest BCUT2D eigenvalue weighted by molar-refractivity contribution is 5.95. The second kappa shape index (κ2) is 9.76. The Hall–Kier alpha value is -2.91. The van der Waals surface area contributed by atoms with Crippen LogP contribution in [-0.4, -0.2) is 88.1 Å². The van der Waals surface area contributed by atoms with E-state index < -0.39 is 0 Å². The van der Waals surface area contributed by atoms with E-state index in [-0.39, 0.29) is 12.1 Å². The summed E-state index contributed by atoms with van der Waals surface area (Å²) >= 11 is 0. The standard InChI is InChI=1S/C25H35N7O2/c1-19-5-6-20-21(32(19)25(33)34-3)7-8-22-24(20)27-23(9-12-30-11-4-10-26-30)31(22)18-17-29-15-13-28(2)14-16-29/h4,7-8,10-11,19H,5-6,9,12-18H2,1-3H3/t19-/m0/s1. The average Bonchev–Trinajstić information content (AvgIpc) is 3.49. The first-order chi connectivity index (χ1) is 16.5. The molecule has 182 valence electrons. The molecule has 2 aliphatic heterocycles. The molecule has 2 aliphatic rings. The van der Waals surface area contributed by atoms with E-state index in [0.29, 0.717) is 0 Å². The zero-order chi connectivity index (χ0) is 23.7. The first-order valence-corrected chi connectivity index (χ1v) is 12.3. The quantitative estimate of drug-likeness (QED) is 0.557. The summed E-state index contributed by atoms with van der Waals surface area (Å²) in [6, 6.07) is 6.28. The van der Waals surface area contributed by atoms with Gasteiger partial charge in [0.1, 0.15) is 5.82 Å². The fraction of sp³-hybridized carbons (Fsp3) is 0.560. The van der Waals surface area contributed by atoms with E-state index in [0.717, 1.165) is 93.2 Å². The Kier molecular flexibility index (Phi) is 6.56. The fourth-order valence-electron chi connectivity index (χ4n) is 5.25. The Morgan fingerprint density at radius 1 is 1.15 bits per heavy atom. The molecular formula is C25H35N7O2. The minimum Gasteiger partial charge on any atom is -0.452 e. The molecule has 0 bridgehead atoms. The number of hydrogen-bond donors (Lipinski definition) is 0. The van der Waals surface area contributed by atoms with E-state index in [4.69, 9.17) is 9.72 Å². The van der Waals surface area contributed by atoms with Gasteiger partial charge in [-0.25, -0.2) is 9.78 Å². The molecule has 1 amide bonds. The van der Waals surface area contributed by atoms with Gasteiger partial charge in [-0.05, 0) is 45.0 Å². The Morgan fingerprint density at radius 3 is 2.71 bits per heavy atom. The highest BCUT2D eigenvalue weighted by atomic mass is 16.5. The summed E-state index contributed by atoms with van der Waals surface area (Å²) in [6.45, 7) is 9.23. The molecule has 5 rings (SSSR count). The van der Waals surface area contributed by atoms with Crippen molar-refractivity contribution in [3.05, 3.63) is 42.0 Å². The summed E-state index contributed by atoms with van der Waals surface area (Å²) in [4.78, 5) is 24.4. The number of amides is 1. The largest absolute Gasteiger partial charge is 0.452 e. The van der Waals surface area contributed by atoms with Gasteiger partial charge in [-0.3, -0.25) is 14.5 Å². The number of carbonyl (C=O) groups excluding carboxylic acids is 1. The van der Waals surface area contributed by atoms with Crippen LogP contribution in [0, 0.1) is 0 Å². The molecule has 2 aromatic heterocycles. The summed E-state index contributed by atoms with van der Waals surface area (Å²) in [5.41, 5.74) is 4.26. The van der Waals surface area contributed by atoms with Crippen LogP contribution in [0.25, 0.3) is 11.0 Å². The Labute approximate surface area is 200 Å². The lowest BCUT2D eigenvalue weighted by atomic mass is 9.96. The van der Waals surface area contributed by atoms with Crippen LogP contribution in [0.2, 0.25) is 0 Å². The molecule has 0 saturated carbocycles. The zero-order valence-corrected chi connectivity index (χ0v) is 20.5. The van der Waals surface area contributed by atoms with Crippen molar-refractivity contribution in [2.45, 2.75) is 45.3 Å². The predicted molar refractivity (Wildman–Crippen MR) is 132 cm³/mol. The molecule has 34 heavy (non-hydrogen) atoms. The first kappa shape index (κ1) is 22.9. The number of carbonyl (C=O) groups is 1. The summed E-state index contributed by atoms with van der Waals surface area (Å²) in [5, 5.41) is 4.37. The van der Waals surface area contributed by atoms with Crippen LogP contribution in [0.4, 0.5) is 10.5 Å². The maximum atomic E-state index is 12.5. The minimum absolute atomic E-state index is 0.107. The number of piperazine rings is 1. The van der Waals surface area contributed by atoms with Gasteiger partial charge < -0.3 is 14.2 Å². The number of nitrogens with zero attached hydrogens (tertiary/aromatic N) is 7. The Bertz CT molecular complexity index is 1130. The van der Waals surface area contributed by atoms with Crippen LogP contribution < -0.4 is 4.90 Å². The molecule has 9 nitrogen and oxygen atoms in total.